The second-order valence-corrected chi connectivity index (χ2v) is 2.34. The summed E-state index contributed by atoms with van der Waals surface area (Å²) < 4.78 is 1.08. The van der Waals surface area contributed by atoms with Crippen LogP contribution in [0.1, 0.15) is 5.82 Å². The Morgan fingerprint density at radius 1 is 1.77 bits per heavy atom. The minimum absolute atomic E-state index is 0.202. The molecule has 0 unspecified atom stereocenters. The van der Waals surface area contributed by atoms with Crippen LogP contribution in [0.5, 0.6) is 0 Å². The molecular formula is C5H7N5O3. The van der Waals surface area contributed by atoms with Gasteiger partial charge in [-0.1, -0.05) is 0 Å². The van der Waals surface area contributed by atoms with Crippen molar-refractivity contribution in [2.24, 2.45) is 5.73 Å². The zero-order chi connectivity index (χ0) is 10.0. The van der Waals surface area contributed by atoms with Crippen LogP contribution in [0.4, 0.5) is 5.95 Å². The van der Waals surface area contributed by atoms with Crippen LogP contribution in [0.25, 0.3) is 0 Å². The first-order valence-electron chi connectivity index (χ1n) is 3.35. The van der Waals surface area contributed by atoms with Crippen molar-refractivity contribution < 1.29 is 9.72 Å². The lowest BCUT2D eigenvalue weighted by Gasteiger charge is -1.90. The van der Waals surface area contributed by atoms with Gasteiger partial charge in [0.1, 0.15) is 6.54 Å². The highest BCUT2D eigenvalue weighted by Crippen LogP contribution is 2.03. The molecule has 0 bridgehead atoms. The third kappa shape index (κ3) is 1.98. The first-order valence-corrected chi connectivity index (χ1v) is 3.35. The molecule has 0 aliphatic carbocycles. The van der Waals surface area contributed by atoms with E-state index in [-0.39, 0.29) is 12.4 Å². The van der Waals surface area contributed by atoms with Crippen molar-refractivity contribution >= 4 is 11.9 Å². The summed E-state index contributed by atoms with van der Waals surface area (Å²) in [5.74, 6) is -0.868. The number of nitro groups is 1. The zero-order valence-corrected chi connectivity index (χ0v) is 6.80. The van der Waals surface area contributed by atoms with E-state index in [0.717, 1.165) is 4.68 Å². The van der Waals surface area contributed by atoms with E-state index in [1.165, 1.54) is 6.92 Å². The van der Waals surface area contributed by atoms with Gasteiger partial charge in [0.25, 0.3) is 0 Å². The highest BCUT2D eigenvalue weighted by atomic mass is 16.6. The number of carbonyl (C=O) groups excluding carboxylic acids is 1. The standard InChI is InChI=1S/C5H7N5O3/c1-3-7-5(10(12)13)8-9(3)2-4(6)11/h2H2,1H3,(H2,6,11). The number of hydrogen-bond donors (Lipinski definition) is 1. The van der Waals surface area contributed by atoms with Gasteiger partial charge < -0.3 is 15.8 Å². The number of nitrogens with zero attached hydrogens (tertiary/aromatic N) is 4. The Balaban J connectivity index is 2.96. The molecule has 1 heterocycles. The van der Waals surface area contributed by atoms with E-state index in [9.17, 15) is 14.9 Å². The molecule has 0 atom stereocenters. The van der Waals surface area contributed by atoms with Gasteiger partial charge >= 0.3 is 5.95 Å². The Morgan fingerprint density at radius 3 is 2.77 bits per heavy atom. The van der Waals surface area contributed by atoms with Gasteiger partial charge in [-0.25, -0.2) is 0 Å². The lowest BCUT2D eigenvalue weighted by Crippen LogP contribution is -2.20. The van der Waals surface area contributed by atoms with E-state index in [4.69, 9.17) is 5.73 Å². The van der Waals surface area contributed by atoms with Gasteiger partial charge in [-0.2, -0.15) is 4.68 Å². The number of aryl methyl sites for hydroxylation is 1. The number of hydrogen-bond acceptors (Lipinski definition) is 5. The van der Waals surface area contributed by atoms with Crippen LogP contribution < -0.4 is 5.73 Å². The van der Waals surface area contributed by atoms with Crippen molar-refractivity contribution in [2.75, 3.05) is 0 Å². The largest absolute Gasteiger partial charge is 0.491 e. The molecule has 1 aromatic heterocycles. The second-order valence-electron chi connectivity index (χ2n) is 2.34. The summed E-state index contributed by atoms with van der Waals surface area (Å²) >= 11 is 0. The fraction of sp³-hybridized carbons (Fsp3) is 0.400. The highest BCUT2D eigenvalue weighted by Gasteiger charge is 2.18. The number of carbonyl (C=O) groups is 1. The fourth-order valence-electron chi connectivity index (χ4n) is 0.780. The summed E-state index contributed by atoms with van der Waals surface area (Å²) in [5.41, 5.74) is 4.88. The molecule has 0 saturated carbocycles. The molecule has 0 fully saturated rings. The topological polar surface area (TPSA) is 117 Å². The first-order chi connectivity index (χ1) is 6.00. The van der Waals surface area contributed by atoms with Gasteiger partial charge in [0.05, 0.1) is 0 Å². The van der Waals surface area contributed by atoms with Crippen LogP contribution in [0, 0.1) is 17.0 Å². The van der Waals surface area contributed by atoms with Crippen molar-refractivity contribution in [1.82, 2.24) is 14.8 Å². The summed E-state index contributed by atoms with van der Waals surface area (Å²) in [6.07, 6.45) is 0. The minimum atomic E-state index is -0.732. The molecule has 0 spiro atoms. The highest BCUT2D eigenvalue weighted by molar-refractivity contribution is 5.73. The van der Waals surface area contributed by atoms with Gasteiger partial charge in [-0.05, 0) is 9.91 Å². The fourth-order valence-corrected chi connectivity index (χ4v) is 0.780. The van der Waals surface area contributed by atoms with Crippen molar-refractivity contribution in [1.29, 1.82) is 0 Å². The van der Waals surface area contributed by atoms with Crippen molar-refractivity contribution in [3.8, 4) is 0 Å². The smallest absolute Gasteiger partial charge is 0.390 e. The van der Waals surface area contributed by atoms with Gasteiger partial charge in [-0.3, -0.25) is 4.79 Å². The maximum Gasteiger partial charge on any atom is 0.491 e. The van der Waals surface area contributed by atoms with Gasteiger partial charge in [0, 0.05) is 12.0 Å². The molecule has 0 radical (unpaired) electrons. The Labute approximate surface area is 72.5 Å². The van der Waals surface area contributed by atoms with E-state index in [1.807, 2.05) is 0 Å². The van der Waals surface area contributed by atoms with E-state index in [1.54, 1.807) is 0 Å². The Hall–Kier alpha value is -1.99. The predicted octanol–water partition coefficient (Wildman–Crippen LogP) is -1.02. The quantitative estimate of drug-likeness (QED) is 0.477. The summed E-state index contributed by atoms with van der Waals surface area (Å²) in [7, 11) is 0. The molecule has 0 aromatic carbocycles. The molecule has 1 aromatic rings. The van der Waals surface area contributed by atoms with Crippen LogP contribution in [0.3, 0.4) is 0 Å². The SMILES string of the molecule is Cc1nc([N+](=O)[O-])nn1CC(N)=O. The number of rotatable bonds is 3. The molecule has 0 aliphatic rings. The van der Waals surface area contributed by atoms with Crippen LogP contribution in [-0.4, -0.2) is 25.6 Å². The average molecular weight is 185 g/mol. The molecule has 1 rings (SSSR count). The van der Waals surface area contributed by atoms with Crippen LogP contribution in [-0.2, 0) is 11.3 Å². The lowest BCUT2D eigenvalue weighted by molar-refractivity contribution is -0.394. The van der Waals surface area contributed by atoms with Crippen molar-refractivity contribution in [3.05, 3.63) is 15.9 Å². The second kappa shape index (κ2) is 3.17. The third-order valence-corrected chi connectivity index (χ3v) is 1.31. The van der Waals surface area contributed by atoms with Crippen molar-refractivity contribution in [3.63, 3.8) is 0 Å². The Bertz CT molecular complexity index is 357. The third-order valence-electron chi connectivity index (χ3n) is 1.31. The number of aromatic nitrogens is 3. The molecule has 70 valence electrons. The lowest BCUT2D eigenvalue weighted by atomic mass is 10.6. The summed E-state index contributed by atoms with van der Waals surface area (Å²) in [6.45, 7) is 1.30. The van der Waals surface area contributed by atoms with Crippen LogP contribution >= 0.6 is 0 Å². The first kappa shape index (κ1) is 9.10. The molecule has 2 N–H and O–H groups in total. The number of amides is 1. The summed E-state index contributed by atoms with van der Waals surface area (Å²) in [4.78, 5) is 23.4. The van der Waals surface area contributed by atoms with Gasteiger partial charge in [0.15, 0.2) is 0 Å². The summed E-state index contributed by atoms with van der Waals surface area (Å²) in [6, 6.07) is 0. The number of nitrogens with two attached hydrogens (primary N) is 1. The molecule has 8 nitrogen and oxygen atoms in total. The van der Waals surface area contributed by atoms with Gasteiger partial charge in [-0.15, -0.1) is 0 Å². The maximum absolute atomic E-state index is 10.5. The number of primary amides is 1. The predicted molar refractivity (Wildman–Crippen MR) is 40.6 cm³/mol. The normalized spacial score (nSPS) is 9.92. The van der Waals surface area contributed by atoms with E-state index >= 15 is 0 Å². The van der Waals surface area contributed by atoms with Gasteiger partial charge in [0.2, 0.25) is 11.7 Å². The summed E-state index contributed by atoms with van der Waals surface area (Å²) in [5, 5.41) is 13.7. The van der Waals surface area contributed by atoms with Crippen LogP contribution in [0.2, 0.25) is 0 Å². The Morgan fingerprint density at radius 2 is 2.38 bits per heavy atom. The molecular weight excluding hydrogens is 178 g/mol. The molecule has 0 saturated heterocycles. The molecule has 1 amide bonds. The van der Waals surface area contributed by atoms with Crippen molar-refractivity contribution in [2.45, 2.75) is 13.5 Å². The Kier molecular flexibility index (Phi) is 2.22. The van der Waals surface area contributed by atoms with Crippen LogP contribution in [0.15, 0.2) is 0 Å². The monoisotopic (exact) mass is 185 g/mol. The minimum Gasteiger partial charge on any atom is -0.390 e. The maximum atomic E-state index is 10.5. The van der Waals surface area contributed by atoms with E-state index in [0.29, 0.717) is 0 Å². The molecule has 13 heavy (non-hydrogen) atoms. The molecule has 8 heteroatoms. The average Bonchev–Trinajstić information content (AvgIpc) is 2.31. The zero-order valence-electron chi connectivity index (χ0n) is 6.80. The molecule has 0 aliphatic heterocycles. The van der Waals surface area contributed by atoms with E-state index < -0.39 is 16.8 Å². The van der Waals surface area contributed by atoms with E-state index in [2.05, 4.69) is 10.1 Å².